The second kappa shape index (κ2) is 3.53. The van der Waals surface area contributed by atoms with Crippen molar-refractivity contribution in [2.24, 2.45) is 0 Å². The Balaban J connectivity index is 2.34. The SMILES string of the molecule is Cc1ccc(N2CCN(C)C2=O)c(F)c1. The number of aryl methyl sites for hydroxylation is 1. The van der Waals surface area contributed by atoms with E-state index in [1.807, 2.05) is 13.0 Å². The fourth-order valence-electron chi connectivity index (χ4n) is 1.70. The third-order valence-electron chi connectivity index (χ3n) is 2.61. The maximum atomic E-state index is 13.6. The molecule has 1 fully saturated rings. The van der Waals surface area contributed by atoms with Gasteiger partial charge in [-0.25, -0.2) is 9.18 Å². The molecule has 1 aliphatic rings. The Labute approximate surface area is 88.1 Å². The molecule has 1 saturated heterocycles. The third kappa shape index (κ3) is 1.67. The molecule has 3 nitrogen and oxygen atoms in total. The van der Waals surface area contributed by atoms with Crippen LogP contribution < -0.4 is 4.90 Å². The maximum Gasteiger partial charge on any atom is 0.324 e. The van der Waals surface area contributed by atoms with Crippen LogP contribution in [0.3, 0.4) is 0 Å². The minimum absolute atomic E-state index is 0.141. The first-order valence-electron chi connectivity index (χ1n) is 4.88. The summed E-state index contributed by atoms with van der Waals surface area (Å²) in [5.74, 6) is -0.335. The number of carbonyl (C=O) groups is 1. The molecule has 80 valence electrons. The number of benzene rings is 1. The van der Waals surface area contributed by atoms with Crippen LogP contribution in [0.15, 0.2) is 18.2 Å². The number of urea groups is 1. The van der Waals surface area contributed by atoms with Gasteiger partial charge in [0.05, 0.1) is 5.69 Å². The molecule has 0 saturated carbocycles. The van der Waals surface area contributed by atoms with Gasteiger partial charge in [-0.15, -0.1) is 0 Å². The van der Waals surface area contributed by atoms with Crippen molar-refractivity contribution >= 4 is 11.7 Å². The molecule has 0 aromatic heterocycles. The van der Waals surface area contributed by atoms with E-state index in [9.17, 15) is 9.18 Å². The van der Waals surface area contributed by atoms with Crippen LogP contribution in [-0.2, 0) is 0 Å². The van der Waals surface area contributed by atoms with E-state index in [2.05, 4.69) is 0 Å². The number of carbonyl (C=O) groups excluding carboxylic acids is 1. The number of amides is 2. The lowest BCUT2D eigenvalue weighted by molar-refractivity contribution is 0.229. The Hall–Kier alpha value is -1.58. The molecular weight excluding hydrogens is 195 g/mol. The van der Waals surface area contributed by atoms with Crippen molar-refractivity contribution in [1.29, 1.82) is 0 Å². The first kappa shape index (κ1) is 9.96. The zero-order valence-electron chi connectivity index (χ0n) is 8.83. The average molecular weight is 208 g/mol. The van der Waals surface area contributed by atoms with Gasteiger partial charge in [0.15, 0.2) is 0 Å². The van der Waals surface area contributed by atoms with E-state index in [4.69, 9.17) is 0 Å². The van der Waals surface area contributed by atoms with E-state index in [0.717, 1.165) is 5.56 Å². The Morgan fingerprint density at radius 3 is 2.60 bits per heavy atom. The largest absolute Gasteiger partial charge is 0.326 e. The lowest BCUT2D eigenvalue weighted by Gasteiger charge is -2.16. The smallest absolute Gasteiger partial charge is 0.324 e. The molecule has 0 atom stereocenters. The molecule has 1 heterocycles. The van der Waals surface area contributed by atoms with E-state index >= 15 is 0 Å². The summed E-state index contributed by atoms with van der Waals surface area (Å²) >= 11 is 0. The lowest BCUT2D eigenvalue weighted by Crippen LogP contribution is -2.29. The van der Waals surface area contributed by atoms with Crippen LogP contribution in [0.5, 0.6) is 0 Å². The quantitative estimate of drug-likeness (QED) is 0.692. The number of hydrogen-bond donors (Lipinski definition) is 0. The highest BCUT2D eigenvalue weighted by Crippen LogP contribution is 2.23. The molecule has 1 aromatic carbocycles. The predicted molar refractivity (Wildman–Crippen MR) is 56.5 cm³/mol. The second-order valence-corrected chi connectivity index (χ2v) is 3.81. The summed E-state index contributed by atoms with van der Waals surface area (Å²) in [5.41, 5.74) is 1.23. The maximum absolute atomic E-state index is 13.6. The molecule has 0 N–H and O–H groups in total. The van der Waals surface area contributed by atoms with Gasteiger partial charge in [0.2, 0.25) is 0 Å². The van der Waals surface area contributed by atoms with Gasteiger partial charge < -0.3 is 4.90 Å². The Morgan fingerprint density at radius 1 is 1.33 bits per heavy atom. The minimum Gasteiger partial charge on any atom is -0.326 e. The van der Waals surface area contributed by atoms with Crippen molar-refractivity contribution in [3.63, 3.8) is 0 Å². The number of hydrogen-bond acceptors (Lipinski definition) is 1. The number of likely N-dealkylation sites (N-methyl/N-ethyl adjacent to an activating group) is 1. The minimum atomic E-state index is -0.335. The van der Waals surface area contributed by atoms with Crippen molar-refractivity contribution in [3.05, 3.63) is 29.6 Å². The van der Waals surface area contributed by atoms with Crippen LogP contribution in [0, 0.1) is 12.7 Å². The summed E-state index contributed by atoms with van der Waals surface area (Å²) in [5, 5.41) is 0. The first-order valence-corrected chi connectivity index (χ1v) is 4.88. The Bertz CT molecular complexity index is 406. The first-order chi connectivity index (χ1) is 7.09. The summed E-state index contributed by atoms with van der Waals surface area (Å²) in [6.45, 7) is 3.02. The van der Waals surface area contributed by atoms with Gasteiger partial charge in [0.1, 0.15) is 5.82 Å². The monoisotopic (exact) mass is 208 g/mol. The second-order valence-electron chi connectivity index (χ2n) is 3.81. The summed E-state index contributed by atoms with van der Waals surface area (Å²) in [7, 11) is 1.72. The van der Waals surface area contributed by atoms with Gasteiger partial charge in [-0.2, -0.15) is 0 Å². The molecule has 0 radical (unpaired) electrons. The van der Waals surface area contributed by atoms with Crippen LogP contribution in [0.25, 0.3) is 0 Å². The molecule has 4 heteroatoms. The zero-order chi connectivity index (χ0) is 11.0. The molecule has 2 amide bonds. The normalized spacial score (nSPS) is 16.3. The number of rotatable bonds is 1. The van der Waals surface area contributed by atoms with Gasteiger partial charge in [0, 0.05) is 20.1 Å². The zero-order valence-corrected chi connectivity index (χ0v) is 8.83. The Morgan fingerprint density at radius 2 is 2.07 bits per heavy atom. The number of anilines is 1. The Kier molecular flexibility index (Phi) is 2.34. The van der Waals surface area contributed by atoms with E-state index in [1.165, 1.54) is 11.0 Å². The molecule has 1 aromatic rings. The van der Waals surface area contributed by atoms with Gasteiger partial charge >= 0.3 is 6.03 Å². The van der Waals surface area contributed by atoms with Crippen LogP contribution in [0.1, 0.15) is 5.56 Å². The van der Waals surface area contributed by atoms with E-state index in [-0.39, 0.29) is 11.8 Å². The molecule has 1 aliphatic heterocycles. The highest BCUT2D eigenvalue weighted by molar-refractivity contribution is 5.94. The summed E-state index contributed by atoms with van der Waals surface area (Å²) in [6.07, 6.45) is 0. The molecule has 0 spiro atoms. The molecule has 15 heavy (non-hydrogen) atoms. The van der Waals surface area contributed by atoms with Crippen LogP contribution in [-0.4, -0.2) is 31.1 Å². The highest BCUT2D eigenvalue weighted by atomic mass is 19.1. The standard InChI is InChI=1S/C11H13FN2O/c1-8-3-4-10(9(12)7-8)14-6-5-13(2)11(14)15/h3-4,7H,5-6H2,1-2H3. The topological polar surface area (TPSA) is 23.6 Å². The molecule has 0 aliphatic carbocycles. The fourth-order valence-corrected chi connectivity index (χ4v) is 1.70. The van der Waals surface area contributed by atoms with Crippen molar-refractivity contribution in [3.8, 4) is 0 Å². The van der Waals surface area contributed by atoms with Crippen LogP contribution in [0.4, 0.5) is 14.9 Å². The van der Waals surface area contributed by atoms with Gasteiger partial charge in [0.25, 0.3) is 0 Å². The van der Waals surface area contributed by atoms with Crippen molar-refractivity contribution in [2.45, 2.75) is 6.92 Å². The van der Waals surface area contributed by atoms with Gasteiger partial charge in [-0.05, 0) is 24.6 Å². The summed E-state index contributed by atoms with van der Waals surface area (Å²) < 4.78 is 13.6. The van der Waals surface area contributed by atoms with E-state index in [0.29, 0.717) is 18.8 Å². The summed E-state index contributed by atoms with van der Waals surface area (Å²) in [6, 6.07) is 4.77. The molecular formula is C11H13FN2O. The molecule has 0 unspecified atom stereocenters. The molecule has 2 rings (SSSR count). The fraction of sp³-hybridized carbons (Fsp3) is 0.364. The lowest BCUT2D eigenvalue weighted by atomic mass is 10.2. The molecule has 0 bridgehead atoms. The predicted octanol–water partition coefficient (Wildman–Crippen LogP) is 2.01. The van der Waals surface area contributed by atoms with Crippen LogP contribution in [0.2, 0.25) is 0 Å². The van der Waals surface area contributed by atoms with Crippen molar-refractivity contribution in [1.82, 2.24) is 4.90 Å². The van der Waals surface area contributed by atoms with E-state index < -0.39 is 0 Å². The number of nitrogens with zero attached hydrogens (tertiary/aromatic N) is 2. The van der Waals surface area contributed by atoms with Gasteiger partial charge in [-0.3, -0.25) is 4.90 Å². The van der Waals surface area contributed by atoms with E-state index in [1.54, 1.807) is 18.0 Å². The highest BCUT2D eigenvalue weighted by Gasteiger charge is 2.28. The summed E-state index contributed by atoms with van der Waals surface area (Å²) in [4.78, 5) is 14.7. The average Bonchev–Trinajstić information content (AvgIpc) is 2.49. The third-order valence-corrected chi connectivity index (χ3v) is 2.61. The number of halogens is 1. The van der Waals surface area contributed by atoms with Crippen molar-refractivity contribution in [2.75, 3.05) is 25.0 Å². The van der Waals surface area contributed by atoms with Crippen LogP contribution >= 0.6 is 0 Å². The van der Waals surface area contributed by atoms with Gasteiger partial charge in [-0.1, -0.05) is 6.07 Å². The van der Waals surface area contributed by atoms with Crippen molar-refractivity contribution < 1.29 is 9.18 Å².